The second kappa shape index (κ2) is 11.4. The third kappa shape index (κ3) is 6.74. The Morgan fingerprint density at radius 1 is 0.824 bits per heavy atom. The number of hydrogen-bond donors (Lipinski definition) is 3. The molecule has 0 radical (unpaired) electrons. The Morgan fingerprint density at radius 2 is 1.65 bits per heavy atom. The molecule has 0 aliphatic carbocycles. The fourth-order valence-electron chi connectivity index (χ4n) is 3.21. The highest BCUT2D eigenvalue weighted by Gasteiger charge is 2.08. The Bertz CT molecular complexity index is 1210. The van der Waals surface area contributed by atoms with Crippen LogP contribution in [0.1, 0.15) is 21.7 Å². The molecule has 34 heavy (non-hydrogen) atoms. The molecule has 1 heterocycles. The van der Waals surface area contributed by atoms with E-state index < -0.39 is 0 Å². The fraction of sp³-hybridized carbons (Fsp3) is 0.111. The average molecular weight is 456 g/mol. The van der Waals surface area contributed by atoms with Crippen LogP contribution in [0.15, 0.2) is 102 Å². The van der Waals surface area contributed by atoms with E-state index in [2.05, 4.69) is 16.0 Å². The molecule has 0 unspecified atom stereocenters. The van der Waals surface area contributed by atoms with E-state index in [9.17, 15) is 9.59 Å². The molecule has 0 atom stereocenters. The van der Waals surface area contributed by atoms with Gasteiger partial charge in [0, 0.05) is 23.0 Å². The van der Waals surface area contributed by atoms with Gasteiger partial charge in [0.1, 0.15) is 18.1 Å². The molecule has 0 aliphatic rings. The van der Waals surface area contributed by atoms with Gasteiger partial charge in [-0.1, -0.05) is 36.4 Å². The standard InChI is InChI=1S/C27H25N3O4/c31-26(30-23-8-4-9-24(16-23)34-19-20-6-2-1-3-7-20)18-28-22-13-11-21(12-14-22)27(32)29-17-25-10-5-15-33-25/h1-16,28H,17-19H2,(H,29,32)(H,30,31). The molecule has 0 aliphatic heterocycles. The van der Waals surface area contributed by atoms with Crippen LogP contribution in [0.25, 0.3) is 0 Å². The Balaban J connectivity index is 1.22. The summed E-state index contributed by atoms with van der Waals surface area (Å²) in [5.41, 5.74) is 2.98. The van der Waals surface area contributed by atoms with Gasteiger partial charge in [-0.25, -0.2) is 0 Å². The lowest BCUT2D eigenvalue weighted by atomic mass is 10.2. The molecule has 2 amide bonds. The summed E-state index contributed by atoms with van der Waals surface area (Å²) in [6.45, 7) is 0.861. The van der Waals surface area contributed by atoms with Gasteiger partial charge in [-0.2, -0.15) is 0 Å². The molecule has 4 aromatic rings. The summed E-state index contributed by atoms with van der Waals surface area (Å²) in [5.74, 6) is 0.969. The summed E-state index contributed by atoms with van der Waals surface area (Å²) < 4.78 is 11.0. The van der Waals surface area contributed by atoms with Crippen LogP contribution >= 0.6 is 0 Å². The minimum Gasteiger partial charge on any atom is -0.489 e. The van der Waals surface area contributed by atoms with Gasteiger partial charge in [-0.3, -0.25) is 9.59 Å². The molecule has 0 fully saturated rings. The largest absolute Gasteiger partial charge is 0.489 e. The van der Waals surface area contributed by atoms with E-state index in [1.54, 1.807) is 48.7 Å². The smallest absolute Gasteiger partial charge is 0.251 e. The number of ether oxygens (including phenoxy) is 1. The van der Waals surface area contributed by atoms with E-state index >= 15 is 0 Å². The van der Waals surface area contributed by atoms with Crippen molar-refractivity contribution in [3.8, 4) is 5.75 Å². The van der Waals surface area contributed by atoms with Crippen molar-refractivity contribution in [2.45, 2.75) is 13.2 Å². The predicted molar refractivity (Wildman–Crippen MR) is 131 cm³/mol. The van der Waals surface area contributed by atoms with Crippen LogP contribution in [-0.4, -0.2) is 18.4 Å². The maximum atomic E-state index is 12.4. The lowest BCUT2D eigenvalue weighted by Gasteiger charge is -2.11. The molecule has 4 rings (SSSR count). The number of amides is 2. The molecular formula is C27H25N3O4. The van der Waals surface area contributed by atoms with E-state index in [-0.39, 0.29) is 18.4 Å². The lowest BCUT2D eigenvalue weighted by Crippen LogP contribution is -2.23. The predicted octanol–water partition coefficient (Wildman–Crippen LogP) is 4.84. The third-order valence-corrected chi connectivity index (χ3v) is 4.97. The number of rotatable bonds is 10. The molecule has 3 aromatic carbocycles. The second-order valence-electron chi connectivity index (χ2n) is 7.54. The SMILES string of the molecule is O=C(CNc1ccc(C(=O)NCc2ccco2)cc1)Nc1cccc(OCc2ccccc2)c1. The lowest BCUT2D eigenvalue weighted by molar-refractivity contribution is -0.114. The molecule has 7 heteroatoms. The molecule has 172 valence electrons. The molecule has 0 saturated carbocycles. The first-order valence-corrected chi connectivity index (χ1v) is 10.9. The highest BCUT2D eigenvalue weighted by Crippen LogP contribution is 2.19. The first-order valence-electron chi connectivity index (χ1n) is 10.9. The first kappa shape index (κ1) is 22.7. The Morgan fingerprint density at radius 3 is 2.41 bits per heavy atom. The van der Waals surface area contributed by atoms with Crippen LogP contribution in [-0.2, 0) is 17.9 Å². The molecule has 0 bridgehead atoms. The van der Waals surface area contributed by atoms with Crippen LogP contribution in [0, 0.1) is 0 Å². The Hall–Kier alpha value is -4.52. The summed E-state index contributed by atoms with van der Waals surface area (Å²) in [7, 11) is 0. The number of benzene rings is 3. The van der Waals surface area contributed by atoms with Gasteiger partial charge in [0.25, 0.3) is 5.91 Å². The summed E-state index contributed by atoms with van der Waals surface area (Å²) >= 11 is 0. The second-order valence-corrected chi connectivity index (χ2v) is 7.54. The van der Waals surface area contributed by atoms with Gasteiger partial charge in [-0.15, -0.1) is 0 Å². The molecule has 0 saturated heterocycles. The summed E-state index contributed by atoms with van der Waals surface area (Å²) in [4.78, 5) is 24.6. The first-order chi connectivity index (χ1) is 16.7. The zero-order valence-electron chi connectivity index (χ0n) is 18.5. The van der Waals surface area contributed by atoms with Crippen molar-refractivity contribution in [3.05, 3.63) is 114 Å². The van der Waals surface area contributed by atoms with Crippen LogP contribution in [0.3, 0.4) is 0 Å². The van der Waals surface area contributed by atoms with E-state index in [0.717, 1.165) is 11.3 Å². The molecule has 7 nitrogen and oxygen atoms in total. The number of carbonyl (C=O) groups is 2. The van der Waals surface area contributed by atoms with Gasteiger partial charge < -0.3 is 25.1 Å². The summed E-state index contributed by atoms with van der Waals surface area (Å²) in [6, 6.07) is 27.7. The van der Waals surface area contributed by atoms with Crippen LogP contribution < -0.4 is 20.7 Å². The number of furan rings is 1. The maximum Gasteiger partial charge on any atom is 0.251 e. The number of carbonyl (C=O) groups excluding carboxylic acids is 2. The number of hydrogen-bond acceptors (Lipinski definition) is 5. The average Bonchev–Trinajstić information content (AvgIpc) is 3.40. The Labute approximate surface area is 197 Å². The third-order valence-electron chi connectivity index (χ3n) is 4.97. The van der Waals surface area contributed by atoms with Gasteiger partial charge in [0.05, 0.1) is 19.4 Å². The van der Waals surface area contributed by atoms with Crippen molar-refractivity contribution in [2.75, 3.05) is 17.2 Å². The van der Waals surface area contributed by atoms with Crippen molar-refractivity contribution in [2.24, 2.45) is 0 Å². The molecule has 1 aromatic heterocycles. The molecule has 0 spiro atoms. The van der Waals surface area contributed by atoms with Gasteiger partial charge in [0.2, 0.25) is 5.91 Å². The van der Waals surface area contributed by atoms with Gasteiger partial charge in [0.15, 0.2) is 0 Å². The van der Waals surface area contributed by atoms with Crippen LogP contribution in [0.5, 0.6) is 5.75 Å². The number of nitrogens with one attached hydrogen (secondary N) is 3. The zero-order chi connectivity index (χ0) is 23.6. The van der Waals surface area contributed by atoms with E-state index in [1.165, 1.54) is 0 Å². The topological polar surface area (TPSA) is 92.6 Å². The van der Waals surface area contributed by atoms with Crippen molar-refractivity contribution in [1.82, 2.24) is 5.32 Å². The van der Waals surface area contributed by atoms with Crippen molar-refractivity contribution in [1.29, 1.82) is 0 Å². The minimum atomic E-state index is -0.199. The summed E-state index contributed by atoms with van der Waals surface area (Å²) in [6.07, 6.45) is 1.56. The van der Waals surface area contributed by atoms with Crippen molar-refractivity contribution >= 4 is 23.2 Å². The highest BCUT2D eigenvalue weighted by molar-refractivity contribution is 5.95. The van der Waals surface area contributed by atoms with Crippen LogP contribution in [0.2, 0.25) is 0 Å². The minimum absolute atomic E-state index is 0.0825. The zero-order valence-corrected chi connectivity index (χ0v) is 18.5. The van der Waals surface area contributed by atoms with Crippen molar-refractivity contribution < 1.29 is 18.7 Å². The van der Waals surface area contributed by atoms with Crippen molar-refractivity contribution in [3.63, 3.8) is 0 Å². The van der Waals surface area contributed by atoms with E-state index in [0.29, 0.717) is 35.9 Å². The maximum absolute atomic E-state index is 12.4. The van der Waals surface area contributed by atoms with E-state index in [4.69, 9.17) is 9.15 Å². The fourth-order valence-corrected chi connectivity index (χ4v) is 3.21. The quantitative estimate of drug-likeness (QED) is 0.318. The Kier molecular flexibility index (Phi) is 7.58. The van der Waals surface area contributed by atoms with Gasteiger partial charge >= 0.3 is 0 Å². The monoisotopic (exact) mass is 455 g/mol. The summed E-state index contributed by atoms with van der Waals surface area (Å²) in [5, 5.41) is 8.71. The number of anilines is 2. The highest BCUT2D eigenvalue weighted by atomic mass is 16.5. The van der Waals surface area contributed by atoms with Gasteiger partial charge in [-0.05, 0) is 54.1 Å². The molecular weight excluding hydrogens is 430 g/mol. The van der Waals surface area contributed by atoms with Crippen LogP contribution in [0.4, 0.5) is 11.4 Å². The molecule has 3 N–H and O–H groups in total. The van der Waals surface area contributed by atoms with E-state index in [1.807, 2.05) is 48.5 Å². The normalized spacial score (nSPS) is 10.4.